The van der Waals surface area contributed by atoms with Crippen LogP contribution in [0.5, 0.6) is 5.75 Å². The van der Waals surface area contributed by atoms with Gasteiger partial charge in [-0.25, -0.2) is 4.98 Å². The summed E-state index contributed by atoms with van der Waals surface area (Å²) in [6.07, 6.45) is 1.01. The van der Waals surface area contributed by atoms with Gasteiger partial charge < -0.3 is 10.1 Å². The molecule has 0 unspecified atom stereocenters. The Hall–Kier alpha value is -3.31. The van der Waals surface area contributed by atoms with Gasteiger partial charge in [0.1, 0.15) is 10.8 Å². The van der Waals surface area contributed by atoms with E-state index in [4.69, 9.17) is 9.72 Å². The molecule has 0 bridgehead atoms. The molecule has 3 aromatic carbocycles. The van der Waals surface area contributed by atoms with Crippen LogP contribution >= 0.6 is 11.8 Å². The van der Waals surface area contributed by atoms with E-state index in [1.807, 2.05) is 54.6 Å². The van der Waals surface area contributed by atoms with Gasteiger partial charge in [-0.3, -0.25) is 4.79 Å². The van der Waals surface area contributed by atoms with Gasteiger partial charge in [-0.1, -0.05) is 61.2 Å². The summed E-state index contributed by atoms with van der Waals surface area (Å²) in [6, 6.07) is 25.8. The third kappa shape index (κ3) is 5.06. The van der Waals surface area contributed by atoms with Crippen LogP contribution in [0.2, 0.25) is 0 Å². The van der Waals surface area contributed by atoms with Crippen LogP contribution in [0.15, 0.2) is 88.8 Å². The molecule has 1 amide bonds. The van der Waals surface area contributed by atoms with Crippen molar-refractivity contribution in [2.24, 2.45) is 0 Å². The molecule has 1 heterocycles. The molecule has 1 N–H and O–H groups in total. The Kier molecular flexibility index (Phi) is 6.53. The fraction of sp³-hybridized carbons (Fsp3) is 0.154. The number of aryl methyl sites for hydroxylation is 1. The van der Waals surface area contributed by atoms with Gasteiger partial charge in [0.05, 0.1) is 18.2 Å². The molecule has 0 atom stereocenters. The highest BCUT2D eigenvalue weighted by molar-refractivity contribution is 7.99. The van der Waals surface area contributed by atoms with Crippen LogP contribution < -0.4 is 10.1 Å². The molecule has 0 saturated carbocycles. The number of amides is 1. The minimum absolute atomic E-state index is 0.121. The van der Waals surface area contributed by atoms with Crippen molar-refractivity contribution in [2.45, 2.75) is 29.8 Å². The Bertz CT molecular complexity index is 1210. The zero-order valence-corrected chi connectivity index (χ0v) is 18.4. The molecular formula is C26H24N2O2S. The molecule has 4 nitrogen and oxygen atoms in total. The number of aromatic nitrogens is 1. The number of hydrogen-bond acceptors (Lipinski definition) is 4. The number of benzene rings is 3. The van der Waals surface area contributed by atoms with Crippen LogP contribution in [-0.4, -0.2) is 18.0 Å². The van der Waals surface area contributed by atoms with Crippen molar-refractivity contribution in [3.8, 4) is 5.75 Å². The van der Waals surface area contributed by atoms with E-state index in [1.54, 1.807) is 18.9 Å². The predicted molar refractivity (Wildman–Crippen MR) is 126 cm³/mol. The van der Waals surface area contributed by atoms with Crippen molar-refractivity contribution in [2.75, 3.05) is 7.11 Å². The Balaban J connectivity index is 1.59. The minimum Gasteiger partial charge on any atom is -0.497 e. The van der Waals surface area contributed by atoms with Gasteiger partial charge in [0.2, 0.25) is 0 Å². The Morgan fingerprint density at radius 3 is 2.55 bits per heavy atom. The molecule has 0 spiro atoms. The minimum atomic E-state index is -0.121. The predicted octanol–water partition coefficient (Wildman–Crippen LogP) is 5.89. The first-order valence-electron chi connectivity index (χ1n) is 10.2. The van der Waals surface area contributed by atoms with E-state index in [1.165, 1.54) is 5.56 Å². The second-order valence-corrected chi connectivity index (χ2v) is 8.25. The number of para-hydroxylation sites is 1. The van der Waals surface area contributed by atoms with E-state index in [2.05, 4.69) is 36.5 Å². The van der Waals surface area contributed by atoms with Crippen molar-refractivity contribution in [3.05, 3.63) is 95.6 Å². The zero-order chi connectivity index (χ0) is 21.6. The lowest BCUT2D eigenvalue weighted by Gasteiger charge is -2.11. The molecule has 156 valence electrons. The maximum absolute atomic E-state index is 13.1. The molecule has 0 aliphatic rings. The summed E-state index contributed by atoms with van der Waals surface area (Å²) in [6.45, 7) is 2.57. The lowest BCUT2D eigenvalue weighted by atomic mass is 10.1. The number of carbonyl (C=O) groups excluding carboxylic acids is 1. The van der Waals surface area contributed by atoms with Crippen LogP contribution in [0, 0.1) is 0 Å². The summed E-state index contributed by atoms with van der Waals surface area (Å²) in [5.41, 5.74) is 3.72. The molecule has 0 radical (unpaired) electrons. The standard InChI is InChI=1S/C26H24N2O2S/c1-3-18-11-13-21(14-12-18)31-25-16-23(22-9-4-5-10-24(22)28-25)26(29)27-17-19-7-6-8-20(15-19)30-2/h4-16H,3,17H2,1-2H3,(H,27,29). The van der Waals surface area contributed by atoms with Gasteiger partial charge >= 0.3 is 0 Å². The quantitative estimate of drug-likeness (QED) is 0.399. The maximum Gasteiger partial charge on any atom is 0.252 e. The van der Waals surface area contributed by atoms with Crippen LogP contribution in [-0.2, 0) is 13.0 Å². The smallest absolute Gasteiger partial charge is 0.252 e. The molecule has 4 rings (SSSR count). The summed E-state index contributed by atoms with van der Waals surface area (Å²) < 4.78 is 5.27. The number of ether oxygens (including phenoxy) is 1. The van der Waals surface area contributed by atoms with E-state index in [9.17, 15) is 4.79 Å². The number of rotatable bonds is 7. The number of nitrogens with one attached hydrogen (secondary N) is 1. The Morgan fingerprint density at radius 1 is 0.968 bits per heavy atom. The number of nitrogens with zero attached hydrogens (tertiary/aromatic N) is 1. The SMILES string of the molecule is CCc1ccc(Sc2cc(C(=O)NCc3cccc(OC)c3)c3ccccc3n2)cc1. The monoisotopic (exact) mass is 428 g/mol. The first kappa shape index (κ1) is 20.9. The molecule has 0 aliphatic heterocycles. The summed E-state index contributed by atoms with van der Waals surface area (Å²) in [5.74, 6) is 0.651. The summed E-state index contributed by atoms with van der Waals surface area (Å²) in [5, 5.41) is 4.68. The average Bonchev–Trinajstić information content (AvgIpc) is 2.82. The van der Waals surface area contributed by atoms with Gasteiger partial charge in [0.15, 0.2) is 0 Å². The summed E-state index contributed by atoms with van der Waals surface area (Å²) in [4.78, 5) is 19.0. The van der Waals surface area contributed by atoms with Crippen molar-refractivity contribution in [1.82, 2.24) is 10.3 Å². The topological polar surface area (TPSA) is 51.2 Å². The number of fused-ring (bicyclic) bond motifs is 1. The van der Waals surface area contributed by atoms with Crippen molar-refractivity contribution in [3.63, 3.8) is 0 Å². The number of carbonyl (C=O) groups is 1. The van der Waals surface area contributed by atoms with Crippen LogP contribution in [0.1, 0.15) is 28.4 Å². The number of hydrogen-bond donors (Lipinski definition) is 1. The second-order valence-electron chi connectivity index (χ2n) is 7.16. The Morgan fingerprint density at radius 2 is 1.77 bits per heavy atom. The average molecular weight is 429 g/mol. The van der Waals surface area contributed by atoms with Crippen molar-refractivity contribution < 1.29 is 9.53 Å². The van der Waals surface area contributed by atoms with Crippen molar-refractivity contribution >= 4 is 28.6 Å². The van der Waals surface area contributed by atoms with E-state index in [0.29, 0.717) is 12.1 Å². The lowest BCUT2D eigenvalue weighted by Crippen LogP contribution is -2.23. The fourth-order valence-electron chi connectivity index (χ4n) is 3.37. The molecule has 5 heteroatoms. The molecular weight excluding hydrogens is 404 g/mol. The second kappa shape index (κ2) is 9.67. The first-order chi connectivity index (χ1) is 15.2. The molecule has 0 fully saturated rings. The van der Waals surface area contributed by atoms with E-state index >= 15 is 0 Å². The third-order valence-electron chi connectivity index (χ3n) is 5.08. The number of methoxy groups -OCH3 is 1. The van der Waals surface area contributed by atoms with Crippen LogP contribution in [0.3, 0.4) is 0 Å². The van der Waals surface area contributed by atoms with E-state index in [-0.39, 0.29) is 5.91 Å². The summed E-state index contributed by atoms with van der Waals surface area (Å²) in [7, 11) is 1.63. The van der Waals surface area contributed by atoms with Gasteiger partial charge in [-0.2, -0.15) is 0 Å². The largest absolute Gasteiger partial charge is 0.497 e. The molecule has 0 saturated heterocycles. The number of pyridine rings is 1. The molecule has 1 aromatic heterocycles. The highest BCUT2D eigenvalue weighted by Gasteiger charge is 2.14. The van der Waals surface area contributed by atoms with Crippen LogP contribution in [0.25, 0.3) is 10.9 Å². The lowest BCUT2D eigenvalue weighted by molar-refractivity contribution is 0.0952. The third-order valence-corrected chi connectivity index (χ3v) is 6.00. The Labute approximate surface area is 186 Å². The van der Waals surface area contributed by atoms with Gasteiger partial charge in [-0.15, -0.1) is 0 Å². The maximum atomic E-state index is 13.1. The summed E-state index contributed by atoms with van der Waals surface area (Å²) >= 11 is 1.56. The van der Waals surface area contributed by atoms with E-state index < -0.39 is 0 Å². The first-order valence-corrected chi connectivity index (χ1v) is 11.1. The van der Waals surface area contributed by atoms with Gasteiger partial charge in [-0.05, 0) is 53.9 Å². The highest BCUT2D eigenvalue weighted by Crippen LogP contribution is 2.30. The van der Waals surface area contributed by atoms with Gasteiger partial charge in [0.25, 0.3) is 5.91 Å². The van der Waals surface area contributed by atoms with Gasteiger partial charge in [0, 0.05) is 16.8 Å². The fourth-order valence-corrected chi connectivity index (χ4v) is 4.20. The zero-order valence-electron chi connectivity index (χ0n) is 17.6. The highest BCUT2D eigenvalue weighted by atomic mass is 32.2. The molecule has 4 aromatic rings. The normalized spacial score (nSPS) is 10.8. The van der Waals surface area contributed by atoms with Crippen molar-refractivity contribution in [1.29, 1.82) is 0 Å². The molecule has 31 heavy (non-hydrogen) atoms. The van der Waals surface area contributed by atoms with Crippen LogP contribution in [0.4, 0.5) is 0 Å². The van der Waals surface area contributed by atoms with E-state index in [0.717, 1.165) is 38.6 Å². The molecule has 0 aliphatic carbocycles.